The summed E-state index contributed by atoms with van der Waals surface area (Å²) >= 11 is 1.05. The van der Waals surface area contributed by atoms with Crippen LogP contribution < -0.4 is 9.47 Å². The molecule has 0 unspecified atom stereocenters. The van der Waals surface area contributed by atoms with Crippen molar-refractivity contribution < 1.29 is 31.1 Å². The molecular formula is C30H21F3N2O4S2. The van der Waals surface area contributed by atoms with Gasteiger partial charge in [-0.1, -0.05) is 35.9 Å². The standard InChI is InChI=1S/C30H21F3N2O4S2/c1-18-6-12-22(13-7-18)41(36,37)35-15-14-23-28(35)26(32)27(33)29(39-24-5-3-4-20(16-34)25(24)31)30(23)40-17-19-8-10-21(38-2)11-9-19/h3-15H,17H2,1-2H3. The number of hydrogen-bond acceptors (Lipinski definition) is 6. The zero-order valence-electron chi connectivity index (χ0n) is 21.7. The summed E-state index contributed by atoms with van der Waals surface area (Å²) in [5.41, 5.74) is 0.764. The van der Waals surface area contributed by atoms with Crippen LogP contribution in [-0.2, 0) is 15.8 Å². The van der Waals surface area contributed by atoms with Gasteiger partial charge in [-0.2, -0.15) is 9.65 Å². The van der Waals surface area contributed by atoms with Crippen LogP contribution in [-0.4, -0.2) is 19.5 Å². The Morgan fingerprint density at radius 1 is 0.927 bits per heavy atom. The van der Waals surface area contributed by atoms with E-state index in [1.54, 1.807) is 49.4 Å². The lowest BCUT2D eigenvalue weighted by atomic mass is 10.2. The third-order valence-corrected chi connectivity index (χ3v) is 9.18. The van der Waals surface area contributed by atoms with Crippen LogP contribution in [0.2, 0.25) is 0 Å². The van der Waals surface area contributed by atoms with Gasteiger partial charge in [0.1, 0.15) is 17.3 Å². The first-order valence-electron chi connectivity index (χ1n) is 12.1. The predicted octanol–water partition coefficient (Wildman–Crippen LogP) is 7.57. The first-order chi connectivity index (χ1) is 19.6. The Labute approximate surface area is 238 Å². The summed E-state index contributed by atoms with van der Waals surface area (Å²) in [5.74, 6) is -4.27. The van der Waals surface area contributed by atoms with Crippen LogP contribution in [0.4, 0.5) is 13.2 Å². The van der Waals surface area contributed by atoms with Crippen molar-refractivity contribution in [2.24, 2.45) is 0 Å². The highest BCUT2D eigenvalue weighted by Gasteiger charge is 2.29. The molecule has 0 spiro atoms. The van der Waals surface area contributed by atoms with E-state index in [4.69, 9.17) is 9.47 Å². The average Bonchev–Trinajstić information content (AvgIpc) is 3.43. The van der Waals surface area contributed by atoms with Gasteiger partial charge in [0.15, 0.2) is 23.1 Å². The Kier molecular flexibility index (Phi) is 7.71. The summed E-state index contributed by atoms with van der Waals surface area (Å²) in [6.07, 6.45) is 1.14. The fourth-order valence-corrected chi connectivity index (χ4v) is 6.59. The Morgan fingerprint density at radius 2 is 1.63 bits per heavy atom. The quantitative estimate of drug-likeness (QED) is 0.172. The van der Waals surface area contributed by atoms with Crippen LogP contribution in [0.3, 0.4) is 0 Å². The number of methoxy groups -OCH3 is 1. The maximum atomic E-state index is 15.8. The predicted molar refractivity (Wildman–Crippen MR) is 149 cm³/mol. The van der Waals surface area contributed by atoms with Crippen molar-refractivity contribution in [3.8, 4) is 23.3 Å². The molecule has 6 nitrogen and oxygen atoms in total. The molecule has 0 bridgehead atoms. The normalized spacial score (nSPS) is 11.4. The van der Waals surface area contributed by atoms with E-state index in [0.717, 1.165) is 29.1 Å². The van der Waals surface area contributed by atoms with Crippen LogP contribution in [0, 0.1) is 35.7 Å². The van der Waals surface area contributed by atoms with Crippen LogP contribution in [0.15, 0.2) is 88.8 Å². The Bertz CT molecular complexity index is 1920. The van der Waals surface area contributed by atoms with Gasteiger partial charge in [0.2, 0.25) is 5.82 Å². The monoisotopic (exact) mass is 594 g/mol. The van der Waals surface area contributed by atoms with E-state index in [9.17, 15) is 18.1 Å². The largest absolute Gasteiger partial charge is 0.497 e. The first-order valence-corrected chi connectivity index (χ1v) is 14.5. The zero-order chi connectivity index (χ0) is 29.3. The third-order valence-electron chi connectivity index (χ3n) is 6.32. The molecule has 0 aliphatic rings. The van der Waals surface area contributed by atoms with Crippen molar-refractivity contribution in [2.45, 2.75) is 22.5 Å². The lowest BCUT2D eigenvalue weighted by Crippen LogP contribution is -2.13. The highest BCUT2D eigenvalue weighted by Crippen LogP contribution is 2.45. The Hall–Kier alpha value is -4.40. The fourth-order valence-electron chi connectivity index (χ4n) is 4.16. The molecule has 11 heteroatoms. The van der Waals surface area contributed by atoms with Gasteiger partial charge in [-0.15, -0.1) is 11.8 Å². The second-order valence-electron chi connectivity index (χ2n) is 8.95. The lowest BCUT2D eigenvalue weighted by Gasteiger charge is -2.16. The summed E-state index contributed by atoms with van der Waals surface area (Å²) in [5, 5.41) is 9.23. The van der Waals surface area contributed by atoms with E-state index >= 15 is 8.78 Å². The Balaban J connectivity index is 1.69. The van der Waals surface area contributed by atoms with Crippen LogP contribution in [0.1, 0.15) is 16.7 Å². The molecule has 41 heavy (non-hydrogen) atoms. The number of halogens is 3. The van der Waals surface area contributed by atoms with Gasteiger partial charge in [-0.25, -0.2) is 21.2 Å². The van der Waals surface area contributed by atoms with E-state index in [0.29, 0.717) is 9.72 Å². The van der Waals surface area contributed by atoms with Gasteiger partial charge < -0.3 is 9.47 Å². The number of thioether (sulfide) groups is 1. The molecule has 0 saturated carbocycles. The molecule has 5 rings (SSSR count). The average molecular weight is 595 g/mol. The second kappa shape index (κ2) is 11.2. The van der Waals surface area contributed by atoms with E-state index in [1.807, 2.05) is 0 Å². The zero-order valence-corrected chi connectivity index (χ0v) is 23.3. The highest BCUT2D eigenvalue weighted by atomic mass is 32.2. The maximum Gasteiger partial charge on any atom is 0.268 e. The number of rotatable bonds is 8. The molecule has 0 N–H and O–H groups in total. The number of hydrogen-bond donors (Lipinski definition) is 0. The summed E-state index contributed by atoms with van der Waals surface area (Å²) < 4.78 is 84.8. The van der Waals surface area contributed by atoms with Gasteiger partial charge in [0, 0.05) is 17.3 Å². The Morgan fingerprint density at radius 3 is 2.29 bits per heavy atom. The van der Waals surface area contributed by atoms with Crippen molar-refractivity contribution in [3.63, 3.8) is 0 Å². The molecule has 0 saturated heterocycles. The number of aryl methyl sites for hydroxylation is 1. The topological polar surface area (TPSA) is 81.3 Å². The van der Waals surface area contributed by atoms with Crippen molar-refractivity contribution in [2.75, 3.05) is 7.11 Å². The molecule has 1 aromatic heterocycles. The van der Waals surface area contributed by atoms with Gasteiger partial charge in [0.05, 0.1) is 22.5 Å². The molecule has 0 amide bonds. The van der Waals surface area contributed by atoms with Gasteiger partial charge in [0.25, 0.3) is 10.0 Å². The smallest absolute Gasteiger partial charge is 0.268 e. The minimum Gasteiger partial charge on any atom is -0.497 e. The molecule has 0 fully saturated rings. The molecule has 208 valence electrons. The molecule has 1 heterocycles. The van der Waals surface area contributed by atoms with E-state index in [-0.39, 0.29) is 26.5 Å². The molecule has 0 radical (unpaired) electrons. The molecule has 0 aliphatic carbocycles. The van der Waals surface area contributed by atoms with Crippen LogP contribution in [0.5, 0.6) is 17.2 Å². The molecular weight excluding hydrogens is 573 g/mol. The van der Waals surface area contributed by atoms with Crippen LogP contribution in [0.25, 0.3) is 10.9 Å². The van der Waals surface area contributed by atoms with Crippen molar-refractivity contribution in [1.29, 1.82) is 5.26 Å². The van der Waals surface area contributed by atoms with Gasteiger partial charge in [-0.3, -0.25) is 0 Å². The van der Waals surface area contributed by atoms with E-state index in [2.05, 4.69) is 0 Å². The summed E-state index contributed by atoms with van der Waals surface area (Å²) in [4.78, 5) is -0.0575. The number of nitrogens with zero attached hydrogens (tertiary/aromatic N) is 2. The van der Waals surface area contributed by atoms with Crippen molar-refractivity contribution in [1.82, 2.24) is 3.97 Å². The van der Waals surface area contributed by atoms with Gasteiger partial charge >= 0.3 is 0 Å². The number of aromatic nitrogens is 1. The van der Waals surface area contributed by atoms with Gasteiger partial charge in [-0.05, 0) is 55.0 Å². The molecule has 0 aliphatic heterocycles. The van der Waals surface area contributed by atoms with E-state index < -0.39 is 44.5 Å². The fraction of sp³-hybridized carbons (Fsp3) is 0.100. The second-order valence-corrected chi connectivity index (χ2v) is 11.7. The maximum absolute atomic E-state index is 15.8. The minimum atomic E-state index is -4.31. The minimum absolute atomic E-state index is 0.0462. The van der Waals surface area contributed by atoms with Crippen LogP contribution >= 0.6 is 11.8 Å². The van der Waals surface area contributed by atoms with E-state index in [1.165, 1.54) is 43.5 Å². The molecule has 5 aromatic rings. The highest BCUT2D eigenvalue weighted by molar-refractivity contribution is 7.98. The lowest BCUT2D eigenvalue weighted by molar-refractivity contribution is 0.390. The molecule has 4 aromatic carbocycles. The SMILES string of the molecule is COc1ccc(CSc2c(Oc3cccc(C#N)c3F)c(F)c(F)c3c2ccn3S(=O)(=O)c2ccc(C)cc2)cc1. The number of nitriles is 1. The summed E-state index contributed by atoms with van der Waals surface area (Å²) in [7, 11) is -2.78. The van der Waals surface area contributed by atoms with Crippen molar-refractivity contribution in [3.05, 3.63) is 113 Å². The number of benzene rings is 4. The number of fused-ring (bicyclic) bond motifs is 1. The summed E-state index contributed by atoms with van der Waals surface area (Å²) in [6.45, 7) is 1.79. The first kappa shape index (κ1) is 28.1. The molecule has 0 atom stereocenters. The number of ether oxygens (including phenoxy) is 2. The summed E-state index contributed by atoms with van der Waals surface area (Å²) in [6, 6.07) is 19.8. The van der Waals surface area contributed by atoms with Crippen molar-refractivity contribution >= 4 is 32.7 Å². The third kappa shape index (κ3) is 5.24.